The minimum atomic E-state index is -1.12. The molecule has 0 spiro atoms. The number of nitrogens with two attached hydrogens (primary N) is 1. The summed E-state index contributed by atoms with van der Waals surface area (Å²) in [4.78, 5) is 160. The molecule has 5 aromatic rings. The molecular weight excluding hydrogens is 1510 g/mol. The number of ether oxygens (including phenoxy) is 7. The monoisotopic (exact) mass is 1620 g/mol. The van der Waals surface area contributed by atoms with Gasteiger partial charge in [0, 0.05) is 92.6 Å². The average molecular weight is 1620 g/mol. The van der Waals surface area contributed by atoms with Crippen LogP contribution in [0.2, 0.25) is 0 Å². The van der Waals surface area contributed by atoms with Crippen LogP contribution in [0.4, 0.5) is 38.4 Å². The summed E-state index contributed by atoms with van der Waals surface area (Å²) < 4.78 is 42.0. The van der Waals surface area contributed by atoms with Gasteiger partial charge in [-0.2, -0.15) is 4.98 Å². The molecule has 35 nitrogen and oxygen atoms in total. The fourth-order valence-electron chi connectivity index (χ4n) is 15.1. The van der Waals surface area contributed by atoms with Gasteiger partial charge in [0.05, 0.1) is 104 Å². The molecule has 2 aliphatic carbocycles. The molecule has 35 heteroatoms. The molecule has 3 aromatic carbocycles. The number of aromatic nitrogens is 5. The predicted octanol–water partition coefficient (Wildman–Crippen LogP) is 5.73. The maximum Gasteiger partial charge on any atom is 0.410 e. The summed E-state index contributed by atoms with van der Waals surface area (Å²) in [5.74, 6) is 4.10. The number of nitrogens with zero attached hydrogens (tertiary/aromatic N) is 10. The van der Waals surface area contributed by atoms with Gasteiger partial charge in [0.2, 0.25) is 41.4 Å². The Morgan fingerprint density at radius 3 is 2.19 bits per heavy atom. The first-order chi connectivity index (χ1) is 56.7. The third kappa shape index (κ3) is 23.2. The van der Waals surface area contributed by atoms with Gasteiger partial charge in [0.15, 0.2) is 5.82 Å². The van der Waals surface area contributed by atoms with Gasteiger partial charge in [-0.3, -0.25) is 53.4 Å². The molecule has 11 rings (SSSR count). The van der Waals surface area contributed by atoms with Crippen molar-refractivity contribution in [2.75, 3.05) is 120 Å². The lowest BCUT2D eigenvalue weighted by Gasteiger charge is -2.43. The molecule has 1 saturated heterocycles. The van der Waals surface area contributed by atoms with Crippen LogP contribution in [0.1, 0.15) is 150 Å². The van der Waals surface area contributed by atoms with Crippen LogP contribution in [0.25, 0.3) is 11.3 Å². The zero-order valence-corrected chi connectivity index (χ0v) is 66.8. The van der Waals surface area contributed by atoms with Crippen LogP contribution in [0, 0.1) is 17.8 Å². The highest BCUT2D eigenvalue weighted by molar-refractivity contribution is 6.13. The number of rotatable bonds is 41. The first-order valence-electron chi connectivity index (χ1n) is 40.1. The van der Waals surface area contributed by atoms with Gasteiger partial charge in [-0.05, 0) is 118 Å². The summed E-state index contributed by atoms with van der Waals surface area (Å²) in [6, 6.07) is 13.6. The Morgan fingerprint density at radius 2 is 1.50 bits per heavy atom. The lowest BCUT2D eigenvalue weighted by atomic mass is 9.90. The van der Waals surface area contributed by atoms with E-state index in [4.69, 9.17) is 43.9 Å². The van der Waals surface area contributed by atoms with E-state index in [9.17, 15) is 52.7 Å². The Bertz CT molecular complexity index is 4440. The Kier molecular flexibility index (Phi) is 31.3. The standard InChI is InChI=1S/C82H105N17O18/c1-6-65-79(108)94(4)67-48-85-81(91-74(67)99(65)59-15-7-8-16-59)88-62-28-21-55(47-68(62)111-5)64-50-98(93-92-64)58-26-24-57(25-27-58)95(35-39-112-37-10-9-13-54-14-11-17-60-61(54)49-97(78(60)107)66-29-30-69(100)90-76(66)105)82(110)117-51-53-19-22-56(23-20-53)86-75(104)63(18-12-34-84-80(83)109)87-77(106)73(52(2)3)89-70(101)33-38-113-41-43-115-45-46-116-44-42-114-40-36-96-71(102)31-32-72(96)103/h11,14,17,19-23,28,31-32,47-48,50,52,57-59,63,65-66,73H,6-8,10,12,15-16,18,24-27,29-30,33-46,49,51H2,1-5H3,(H,86,104)(H,87,106)(H,89,101)(H3,83,84,109)(H,85,88,91)(H,90,100,105)/t57-,58+,63-,65+,66?,73-/m0/s1. The number of likely N-dealkylation sites (N-methyl/N-ethyl adjacent to an activating group) is 1. The van der Waals surface area contributed by atoms with Crippen molar-refractivity contribution in [3.05, 3.63) is 107 Å². The van der Waals surface area contributed by atoms with Crippen molar-refractivity contribution in [3.63, 3.8) is 0 Å². The molecule has 4 atom stereocenters. The Morgan fingerprint density at radius 1 is 0.786 bits per heavy atom. The molecule has 2 saturated carbocycles. The number of hydrogen-bond acceptors (Lipinski definition) is 24. The van der Waals surface area contributed by atoms with Crippen LogP contribution in [-0.4, -0.2) is 241 Å². The second kappa shape index (κ2) is 42.4. The molecule has 1 unspecified atom stereocenters. The number of imide groups is 2. The fourth-order valence-corrected chi connectivity index (χ4v) is 15.1. The zero-order chi connectivity index (χ0) is 82.9. The fraction of sp³-hybridized carbons (Fsp3) is 0.524. The van der Waals surface area contributed by atoms with E-state index in [-0.39, 0.29) is 171 Å². The van der Waals surface area contributed by atoms with E-state index in [2.05, 4.69) is 63.9 Å². The van der Waals surface area contributed by atoms with E-state index in [1.807, 2.05) is 42.1 Å². The quantitative estimate of drug-likeness (QED) is 0.0140. The summed E-state index contributed by atoms with van der Waals surface area (Å²) in [7, 11) is 3.36. The molecule has 117 heavy (non-hydrogen) atoms. The number of hydrogen-bond donors (Lipinski definition) is 7. The van der Waals surface area contributed by atoms with Crippen molar-refractivity contribution in [2.24, 2.45) is 11.7 Å². The number of piperidine rings is 1. The number of carbonyl (C=O) groups is 11. The normalized spacial score (nSPS) is 18.4. The lowest BCUT2D eigenvalue weighted by molar-refractivity contribution is -0.138. The van der Waals surface area contributed by atoms with Crippen LogP contribution >= 0.6 is 0 Å². The van der Waals surface area contributed by atoms with Gasteiger partial charge >= 0.3 is 12.1 Å². The second-order valence-corrected chi connectivity index (χ2v) is 29.6. The molecule has 626 valence electrons. The van der Waals surface area contributed by atoms with Crippen LogP contribution in [0.15, 0.2) is 85.2 Å². The van der Waals surface area contributed by atoms with Gasteiger partial charge in [0.1, 0.15) is 47.9 Å². The van der Waals surface area contributed by atoms with E-state index in [0.717, 1.165) is 42.0 Å². The summed E-state index contributed by atoms with van der Waals surface area (Å²) in [6.45, 7) is 8.27. The first-order valence-corrected chi connectivity index (χ1v) is 40.1. The molecule has 0 radical (unpaired) electrons. The SMILES string of the molecule is CC[C@@H]1C(=O)N(C)c2cnc(Nc3ccc(-c4cn([C@H]5CC[C@@H](N(CCOCCC#Cc6cccc7c6CN(C6CCC(=O)NC6=O)C7=O)C(=O)OCc6ccc(NC(=O)[C@H](CCCNC(N)=O)NC(=O)[C@@H](NC(=O)CCOCCOCCOCCOCCN7C(=O)C=CC7=O)C(C)C)cc6)CC5)nn4)cc3OC)nc2N1C1CCCC1. The Balaban J connectivity index is 0.672. The smallest absolute Gasteiger partial charge is 0.410 e. The second-order valence-electron chi connectivity index (χ2n) is 29.6. The summed E-state index contributed by atoms with van der Waals surface area (Å²) >= 11 is 0. The molecule has 12 amide bonds. The minimum absolute atomic E-state index is 0.0377. The molecule has 4 aliphatic heterocycles. The van der Waals surface area contributed by atoms with Crippen LogP contribution < -0.4 is 52.2 Å². The maximum absolute atomic E-state index is 14.4. The maximum atomic E-state index is 14.4. The van der Waals surface area contributed by atoms with Gasteiger partial charge in [-0.25, -0.2) is 19.3 Å². The Labute approximate surface area is 678 Å². The highest BCUT2D eigenvalue weighted by atomic mass is 16.6. The summed E-state index contributed by atoms with van der Waals surface area (Å²) in [5, 5.41) is 25.8. The lowest BCUT2D eigenvalue weighted by Crippen LogP contribution is -2.55. The minimum Gasteiger partial charge on any atom is -0.495 e. The van der Waals surface area contributed by atoms with Crippen LogP contribution in [0.3, 0.4) is 0 Å². The van der Waals surface area contributed by atoms with Gasteiger partial charge < -0.3 is 85.1 Å². The number of nitrogens with one attached hydrogen (secondary N) is 6. The van der Waals surface area contributed by atoms with Gasteiger partial charge in [0.25, 0.3) is 17.7 Å². The highest BCUT2D eigenvalue weighted by Crippen LogP contribution is 2.42. The molecule has 2 aromatic heterocycles. The summed E-state index contributed by atoms with van der Waals surface area (Å²) in [6.07, 6.45) is 13.9. The number of fused-ring (bicyclic) bond motifs is 2. The third-order valence-electron chi connectivity index (χ3n) is 21.4. The number of primary amides is 1. The van der Waals surface area contributed by atoms with E-state index in [1.165, 1.54) is 17.1 Å². The first kappa shape index (κ1) is 86.4. The molecule has 6 heterocycles. The zero-order valence-electron chi connectivity index (χ0n) is 66.8. The molecular formula is C82H105N17O18. The summed E-state index contributed by atoms with van der Waals surface area (Å²) in [5.41, 5.74) is 10.8. The number of urea groups is 1. The van der Waals surface area contributed by atoms with Crippen molar-refractivity contribution in [1.29, 1.82) is 0 Å². The van der Waals surface area contributed by atoms with Crippen molar-refractivity contribution in [3.8, 4) is 28.8 Å². The molecule has 8 N–H and O–H groups in total. The van der Waals surface area contributed by atoms with E-state index < -0.39 is 59.8 Å². The van der Waals surface area contributed by atoms with E-state index in [0.29, 0.717) is 108 Å². The predicted molar refractivity (Wildman–Crippen MR) is 427 cm³/mol. The number of methoxy groups -OCH3 is 1. The van der Waals surface area contributed by atoms with E-state index in [1.54, 1.807) is 80.4 Å². The van der Waals surface area contributed by atoms with Crippen molar-refractivity contribution in [1.82, 2.24) is 60.9 Å². The van der Waals surface area contributed by atoms with Crippen molar-refractivity contribution in [2.45, 2.75) is 173 Å². The van der Waals surface area contributed by atoms with Crippen molar-refractivity contribution >= 4 is 94.1 Å². The highest BCUT2D eigenvalue weighted by Gasteiger charge is 2.43. The van der Waals surface area contributed by atoms with Crippen LogP contribution in [-0.2, 0) is 79.9 Å². The molecule has 3 fully saturated rings. The van der Waals surface area contributed by atoms with Gasteiger partial charge in [-0.15, -0.1) is 5.10 Å². The van der Waals surface area contributed by atoms with Crippen molar-refractivity contribution < 1.29 is 85.9 Å². The number of amides is 12. The largest absolute Gasteiger partial charge is 0.495 e. The Hall–Kier alpha value is -11.4. The van der Waals surface area contributed by atoms with E-state index >= 15 is 0 Å². The number of benzene rings is 3. The van der Waals surface area contributed by atoms with Crippen LogP contribution in [0.5, 0.6) is 5.75 Å². The molecule has 6 aliphatic rings. The third-order valence-corrected chi connectivity index (χ3v) is 21.4. The average Bonchev–Trinajstić information content (AvgIpc) is 1.71. The van der Waals surface area contributed by atoms with Gasteiger partial charge in [-0.1, -0.05) is 74.9 Å². The topological polar surface area (TPSA) is 423 Å². The molecule has 0 bridgehead atoms. The number of carbonyl (C=O) groups excluding carboxylic acids is 11. The number of anilines is 5.